The SMILES string of the molecule is CCCCCNc1nc(CCC)nc(OCCC)c1N. The third-order valence-electron chi connectivity index (χ3n) is 2.95. The quantitative estimate of drug-likeness (QED) is 0.643. The highest BCUT2D eigenvalue weighted by Gasteiger charge is 2.12. The van der Waals surface area contributed by atoms with E-state index in [-0.39, 0.29) is 0 Å². The Balaban J connectivity index is 2.80. The van der Waals surface area contributed by atoms with Crippen molar-refractivity contribution < 1.29 is 4.74 Å². The number of rotatable bonds is 10. The van der Waals surface area contributed by atoms with Crippen molar-refractivity contribution in [1.82, 2.24) is 9.97 Å². The average molecular weight is 280 g/mol. The Labute approximate surface area is 122 Å². The van der Waals surface area contributed by atoms with E-state index in [0.29, 0.717) is 24.0 Å². The molecule has 0 saturated heterocycles. The first kappa shape index (κ1) is 16.5. The van der Waals surface area contributed by atoms with Crippen LogP contribution in [0.25, 0.3) is 0 Å². The second kappa shape index (κ2) is 9.39. The lowest BCUT2D eigenvalue weighted by Gasteiger charge is -2.13. The van der Waals surface area contributed by atoms with Crippen molar-refractivity contribution >= 4 is 11.5 Å². The van der Waals surface area contributed by atoms with Gasteiger partial charge in [0.05, 0.1) is 6.61 Å². The minimum Gasteiger partial charge on any atom is -0.476 e. The van der Waals surface area contributed by atoms with E-state index in [1.165, 1.54) is 12.8 Å². The Kier molecular flexibility index (Phi) is 7.77. The third kappa shape index (κ3) is 5.23. The van der Waals surface area contributed by atoms with E-state index in [9.17, 15) is 0 Å². The summed E-state index contributed by atoms with van der Waals surface area (Å²) in [5.41, 5.74) is 6.61. The first-order valence-corrected chi connectivity index (χ1v) is 7.75. The van der Waals surface area contributed by atoms with Gasteiger partial charge in [0.15, 0.2) is 5.82 Å². The maximum atomic E-state index is 6.09. The summed E-state index contributed by atoms with van der Waals surface area (Å²) in [5.74, 6) is 2.03. The zero-order valence-corrected chi connectivity index (χ0v) is 13.0. The summed E-state index contributed by atoms with van der Waals surface area (Å²) < 4.78 is 5.62. The molecule has 0 radical (unpaired) electrons. The van der Waals surface area contributed by atoms with E-state index in [2.05, 4.69) is 36.1 Å². The van der Waals surface area contributed by atoms with E-state index >= 15 is 0 Å². The molecule has 0 spiro atoms. The van der Waals surface area contributed by atoms with Crippen LogP contribution < -0.4 is 15.8 Å². The van der Waals surface area contributed by atoms with Crippen LogP contribution in [0.1, 0.15) is 58.7 Å². The van der Waals surface area contributed by atoms with Gasteiger partial charge in [-0.15, -0.1) is 0 Å². The predicted octanol–water partition coefficient (Wildman–Crippen LogP) is 3.40. The monoisotopic (exact) mass is 280 g/mol. The van der Waals surface area contributed by atoms with Crippen LogP contribution in [0, 0.1) is 0 Å². The first-order chi connectivity index (χ1) is 9.72. The molecule has 0 unspecified atom stereocenters. The molecule has 3 N–H and O–H groups in total. The molecule has 1 rings (SSSR count). The van der Waals surface area contributed by atoms with Gasteiger partial charge in [-0.3, -0.25) is 0 Å². The topological polar surface area (TPSA) is 73.1 Å². The van der Waals surface area contributed by atoms with Crippen LogP contribution in [0.2, 0.25) is 0 Å². The molecule has 0 bridgehead atoms. The van der Waals surface area contributed by atoms with Gasteiger partial charge in [-0.25, -0.2) is 4.98 Å². The number of nitrogens with two attached hydrogens (primary N) is 1. The summed E-state index contributed by atoms with van der Waals surface area (Å²) in [6, 6.07) is 0. The minimum absolute atomic E-state index is 0.517. The Morgan fingerprint density at radius 3 is 2.50 bits per heavy atom. The summed E-state index contributed by atoms with van der Waals surface area (Å²) in [4.78, 5) is 8.91. The molecule has 0 aliphatic rings. The van der Waals surface area contributed by atoms with Gasteiger partial charge in [0.2, 0.25) is 5.88 Å². The lowest BCUT2D eigenvalue weighted by Crippen LogP contribution is -2.12. The fraction of sp³-hybridized carbons (Fsp3) is 0.733. The van der Waals surface area contributed by atoms with Gasteiger partial charge in [0.25, 0.3) is 0 Å². The summed E-state index contributed by atoms with van der Waals surface area (Å²) in [6.07, 6.45) is 6.31. The van der Waals surface area contributed by atoms with Crippen LogP contribution in [0.3, 0.4) is 0 Å². The molecule has 114 valence electrons. The molecule has 5 heteroatoms. The van der Waals surface area contributed by atoms with E-state index < -0.39 is 0 Å². The number of nitrogen functional groups attached to an aromatic ring is 1. The molecular formula is C15H28N4O. The number of aromatic nitrogens is 2. The number of hydrogen-bond acceptors (Lipinski definition) is 5. The molecule has 0 aliphatic heterocycles. The summed E-state index contributed by atoms with van der Waals surface area (Å²) in [5, 5.41) is 3.31. The third-order valence-corrected chi connectivity index (χ3v) is 2.95. The number of hydrogen-bond donors (Lipinski definition) is 2. The molecule has 0 atom stereocenters. The number of aryl methyl sites for hydroxylation is 1. The van der Waals surface area contributed by atoms with Gasteiger partial charge in [0.1, 0.15) is 11.5 Å². The molecule has 0 fully saturated rings. The van der Waals surface area contributed by atoms with Crippen molar-refractivity contribution in [1.29, 1.82) is 0 Å². The first-order valence-electron chi connectivity index (χ1n) is 7.75. The Hall–Kier alpha value is -1.52. The molecular weight excluding hydrogens is 252 g/mol. The Morgan fingerprint density at radius 1 is 1.05 bits per heavy atom. The summed E-state index contributed by atoms with van der Waals surface area (Å²) in [7, 11) is 0. The van der Waals surface area contributed by atoms with Crippen LogP contribution in [-0.4, -0.2) is 23.1 Å². The van der Waals surface area contributed by atoms with E-state index in [1.807, 2.05) is 0 Å². The highest BCUT2D eigenvalue weighted by molar-refractivity contribution is 5.66. The zero-order chi connectivity index (χ0) is 14.8. The van der Waals surface area contributed by atoms with E-state index in [0.717, 1.165) is 38.1 Å². The number of ether oxygens (including phenoxy) is 1. The van der Waals surface area contributed by atoms with Crippen molar-refractivity contribution in [2.75, 3.05) is 24.2 Å². The number of anilines is 2. The zero-order valence-electron chi connectivity index (χ0n) is 13.0. The van der Waals surface area contributed by atoms with Crippen LogP contribution in [0.4, 0.5) is 11.5 Å². The van der Waals surface area contributed by atoms with E-state index in [1.54, 1.807) is 0 Å². The smallest absolute Gasteiger partial charge is 0.242 e. The summed E-state index contributed by atoms with van der Waals surface area (Å²) >= 11 is 0. The minimum atomic E-state index is 0.517. The number of nitrogens with one attached hydrogen (secondary N) is 1. The van der Waals surface area contributed by atoms with Crippen molar-refractivity contribution in [3.63, 3.8) is 0 Å². The highest BCUT2D eigenvalue weighted by atomic mass is 16.5. The molecule has 0 amide bonds. The molecule has 0 aliphatic carbocycles. The van der Waals surface area contributed by atoms with Crippen LogP contribution >= 0.6 is 0 Å². The molecule has 0 aromatic carbocycles. The van der Waals surface area contributed by atoms with Crippen LogP contribution in [-0.2, 0) is 6.42 Å². The molecule has 0 saturated carbocycles. The molecule has 1 aromatic rings. The highest BCUT2D eigenvalue weighted by Crippen LogP contribution is 2.26. The second-order valence-corrected chi connectivity index (χ2v) is 4.94. The second-order valence-electron chi connectivity index (χ2n) is 4.94. The van der Waals surface area contributed by atoms with Gasteiger partial charge < -0.3 is 15.8 Å². The summed E-state index contributed by atoms with van der Waals surface area (Å²) in [6.45, 7) is 7.87. The Bertz CT molecular complexity index is 396. The van der Waals surface area contributed by atoms with Gasteiger partial charge in [-0.2, -0.15) is 4.98 Å². The maximum Gasteiger partial charge on any atom is 0.242 e. The van der Waals surface area contributed by atoms with Gasteiger partial charge in [-0.05, 0) is 19.3 Å². The largest absolute Gasteiger partial charge is 0.476 e. The number of unbranched alkanes of at least 4 members (excludes halogenated alkanes) is 2. The van der Waals surface area contributed by atoms with Crippen molar-refractivity contribution in [2.24, 2.45) is 0 Å². The van der Waals surface area contributed by atoms with Crippen molar-refractivity contribution in [3.05, 3.63) is 5.82 Å². The molecule has 1 heterocycles. The van der Waals surface area contributed by atoms with Crippen LogP contribution in [0.5, 0.6) is 5.88 Å². The van der Waals surface area contributed by atoms with Gasteiger partial charge in [0, 0.05) is 13.0 Å². The van der Waals surface area contributed by atoms with Crippen molar-refractivity contribution in [2.45, 2.75) is 59.3 Å². The normalized spacial score (nSPS) is 10.6. The Morgan fingerprint density at radius 2 is 1.85 bits per heavy atom. The lowest BCUT2D eigenvalue weighted by atomic mass is 10.2. The fourth-order valence-electron chi connectivity index (χ4n) is 1.85. The molecule has 5 nitrogen and oxygen atoms in total. The molecule has 1 aromatic heterocycles. The number of nitrogens with zero attached hydrogens (tertiary/aromatic N) is 2. The average Bonchev–Trinajstić information content (AvgIpc) is 2.45. The van der Waals surface area contributed by atoms with Gasteiger partial charge >= 0.3 is 0 Å². The lowest BCUT2D eigenvalue weighted by molar-refractivity contribution is 0.305. The van der Waals surface area contributed by atoms with Crippen LogP contribution in [0.15, 0.2) is 0 Å². The standard InChI is InChI=1S/C15H28N4O/c1-4-7-8-10-17-14-13(16)15(20-11-6-3)19-12(18-14)9-5-2/h4-11,16H2,1-3H3,(H,17,18,19). The molecule has 20 heavy (non-hydrogen) atoms. The van der Waals surface area contributed by atoms with E-state index in [4.69, 9.17) is 10.5 Å². The van der Waals surface area contributed by atoms with Crippen molar-refractivity contribution in [3.8, 4) is 5.88 Å². The predicted molar refractivity (Wildman–Crippen MR) is 84.2 cm³/mol. The van der Waals surface area contributed by atoms with Gasteiger partial charge in [-0.1, -0.05) is 33.6 Å². The fourth-order valence-corrected chi connectivity index (χ4v) is 1.85. The maximum absolute atomic E-state index is 6.09.